The van der Waals surface area contributed by atoms with Crippen molar-refractivity contribution < 1.29 is 4.21 Å². The van der Waals surface area contributed by atoms with Gasteiger partial charge in [-0.05, 0) is 35.1 Å². The second-order valence-electron chi connectivity index (χ2n) is 3.89. The van der Waals surface area contributed by atoms with Crippen molar-refractivity contribution in [3.63, 3.8) is 0 Å². The van der Waals surface area contributed by atoms with Gasteiger partial charge in [0.2, 0.25) is 0 Å². The van der Waals surface area contributed by atoms with E-state index in [9.17, 15) is 4.21 Å². The molecular weight excluding hydrogens is 250 g/mol. The summed E-state index contributed by atoms with van der Waals surface area (Å²) in [6, 6.07) is 9.96. The van der Waals surface area contributed by atoms with Gasteiger partial charge in [-0.1, -0.05) is 24.3 Å². The molecule has 2 rings (SSSR count). The highest BCUT2D eigenvalue weighted by atomic mass is 32.2. The van der Waals surface area contributed by atoms with Gasteiger partial charge in [-0.3, -0.25) is 4.21 Å². The molecule has 2 nitrogen and oxygen atoms in total. The minimum atomic E-state index is -0.935. The Bertz CT molecular complexity index is 520. The summed E-state index contributed by atoms with van der Waals surface area (Å²) in [7, 11) is -0.935. The van der Waals surface area contributed by atoms with Gasteiger partial charge in [0.25, 0.3) is 0 Å². The van der Waals surface area contributed by atoms with Gasteiger partial charge in [0.1, 0.15) is 0 Å². The van der Waals surface area contributed by atoms with Crippen molar-refractivity contribution in [2.75, 3.05) is 0 Å². The van der Waals surface area contributed by atoms with Gasteiger partial charge in [0.05, 0.1) is 20.8 Å². The van der Waals surface area contributed by atoms with E-state index < -0.39 is 10.8 Å². The van der Waals surface area contributed by atoms with Crippen LogP contribution >= 0.6 is 11.3 Å². The van der Waals surface area contributed by atoms with Crippen LogP contribution in [0.4, 0.5) is 0 Å². The Balaban J connectivity index is 2.16. The van der Waals surface area contributed by atoms with E-state index >= 15 is 0 Å². The van der Waals surface area contributed by atoms with Crippen LogP contribution in [0.1, 0.15) is 16.7 Å². The van der Waals surface area contributed by atoms with Crippen molar-refractivity contribution in [1.29, 1.82) is 0 Å². The largest absolute Gasteiger partial charge is 0.326 e. The lowest BCUT2D eigenvalue weighted by molar-refractivity contribution is 0.684. The van der Waals surface area contributed by atoms with E-state index in [1.165, 1.54) is 0 Å². The lowest BCUT2D eigenvalue weighted by Crippen LogP contribution is -2.00. The van der Waals surface area contributed by atoms with Crippen molar-refractivity contribution in [2.24, 2.45) is 5.73 Å². The highest BCUT2D eigenvalue weighted by Crippen LogP contribution is 2.20. The van der Waals surface area contributed by atoms with Crippen LogP contribution in [0.5, 0.6) is 0 Å². The number of hydrogen-bond donors (Lipinski definition) is 1. The van der Waals surface area contributed by atoms with Gasteiger partial charge in [0.15, 0.2) is 0 Å². The normalized spacial score (nSPS) is 12.6. The van der Waals surface area contributed by atoms with E-state index in [1.807, 2.05) is 36.6 Å². The molecule has 17 heavy (non-hydrogen) atoms. The summed E-state index contributed by atoms with van der Waals surface area (Å²) < 4.78 is 13.0. The quantitative estimate of drug-likeness (QED) is 0.923. The van der Waals surface area contributed by atoms with E-state index in [-0.39, 0.29) is 0 Å². The maximum atomic E-state index is 12.1. The van der Waals surface area contributed by atoms with Crippen LogP contribution < -0.4 is 5.73 Å². The van der Waals surface area contributed by atoms with Crippen LogP contribution in [-0.4, -0.2) is 4.21 Å². The summed E-state index contributed by atoms with van der Waals surface area (Å²) in [6.07, 6.45) is 0. The SMILES string of the molecule is Cc1cc(CN)ccc1CS(=O)c1cccs1. The predicted molar refractivity (Wildman–Crippen MR) is 73.5 cm³/mol. The summed E-state index contributed by atoms with van der Waals surface area (Å²) in [5.74, 6) is 0.581. The van der Waals surface area contributed by atoms with Crippen LogP contribution in [0.2, 0.25) is 0 Å². The minimum Gasteiger partial charge on any atom is -0.326 e. The summed E-state index contributed by atoms with van der Waals surface area (Å²) in [5.41, 5.74) is 9.01. The van der Waals surface area contributed by atoms with Crippen LogP contribution in [0, 0.1) is 6.92 Å². The Morgan fingerprint density at radius 2 is 2.18 bits per heavy atom. The lowest BCUT2D eigenvalue weighted by Gasteiger charge is -2.06. The molecule has 1 aromatic heterocycles. The minimum absolute atomic E-state index is 0.551. The predicted octanol–water partition coefficient (Wildman–Crippen LogP) is 2.82. The second kappa shape index (κ2) is 5.58. The molecule has 90 valence electrons. The standard InChI is InChI=1S/C13H15NOS2/c1-10-7-11(8-14)4-5-12(10)9-17(15)13-3-2-6-16-13/h2-7H,8-9,14H2,1H3. The summed E-state index contributed by atoms with van der Waals surface area (Å²) in [6.45, 7) is 2.59. The van der Waals surface area contributed by atoms with E-state index in [0.717, 1.165) is 20.9 Å². The Morgan fingerprint density at radius 3 is 2.76 bits per heavy atom. The first kappa shape index (κ1) is 12.5. The molecule has 0 bridgehead atoms. The molecule has 0 aliphatic carbocycles. The average Bonchev–Trinajstić information content (AvgIpc) is 2.85. The van der Waals surface area contributed by atoms with Gasteiger partial charge in [-0.25, -0.2) is 0 Å². The third-order valence-electron chi connectivity index (χ3n) is 2.65. The first-order valence-corrected chi connectivity index (χ1v) is 7.61. The highest BCUT2D eigenvalue weighted by molar-refractivity contribution is 7.86. The van der Waals surface area contributed by atoms with E-state index in [2.05, 4.69) is 6.07 Å². The molecule has 1 unspecified atom stereocenters. The molecular formula is C13H15NOS2. The first-order valence-electron chi connectivity index (χ1n) is 5.41. The highest BCUT2D eigenvalue weighted by Gasteiger charge is 2.08. The van der Waals surface area contributed by atoms with Gasteiger partial charge >= 0.3 is 0 Å². The van der Waals surface area contributed by atoms with Crippen molar-refractivity contribution in [3.8, 4) is 0 Å². The third kappa shape index (κ3) is 3.03. The topological polar surface area (TPSA) is 43.1 Å². The van der Waals surface area contributed by atoms with E-state index in [1.54, 1.807) is 11.3 Å². The van der Waals surface area contributed by atoms with Crippen molar-refractivity contribution in [2.45, 2.75) is 23.4 Å². The molecule has 1 heterocycles. The van der Waals surface area contributed by atoms with Crippen LogP contribution in [0.15, 0.2) is 39.9 Å². The first-order chi connectivity index (χ1) is 8.20. The molecule has 1 aromatic carbocycles. The molecule has 0 aliphatic heterocycles. The molecule has 0 radical (unpaired) electrons. The Labute approximate surface area is 108 Å². The fourth-order valence-corrected chi connectivity index (χ4v) is 3.85. The number of hydrogen-bond acceptors (Lipinski definition) is 3. The number of benzene rings is 1. The second-order valence-corrected chi connectivity index (χ2v) is 6.51. The molecule has 0 amide bonds. The van der Waals surface area contributed by atoms with Gasteiger partial charge < -0.3 is 5.73 Å². The van der Waals surface area contributed by atoms with Crippen LogP contribution in [0.25, 0.3) is 0 Å². The van der Waals surface area contributed by atoms with Gasteiger partial charge in [-0.15, -0.1) is 11.3 Å². The zero-order chi connectivity index (χ0) is 12.3. The zero-order valence-corrected chi connectivity index (χ0v) is 11.3. The number of thiophene rings is 1. The van der Waals surface area contributed by atoms with Crippen molar-refractivity contribution in [1.82, 2.24) is 0 Å². The molecule has 0 saturated carbocycles. The van der Waals surface area contributed by atoms with E-state index in [0.29, 0.717) is 12.3 Å². The molecule has 2 N–H and O–H groups in total. The van der Waals surface area contributed by atoms with Crippen molar-refractivity contribution >= 4 is 22.1 Å². The third-order valence-corrected chi connectivity index (χ3v) is 5.31. The maximum Gasteiger partial charge on any atom is 0.0913 e. The molecule has 0 spiro atoms. The molecule has 0 saturated heterocycles. The fraction of sp³-hybridized carbons (Fsp3) is 0.231. The van der Waals surface area contributed by atoms with Gasteiger partial charge in [0, 0.05) is 6.54 Å². The number of aryl methyl sites for hydroxylation is 1. The Morgan fingerprint density at radius 1 is 1.35 bits per heavy atom. The molecule has 0 fully saturated rings. The fourth-order valence-electron chi connectivity index (χ4n) is 1.65. The summed E-state index contributed by atoms with van der Waals surface area (Å²) >= 11 is 1.54. The zero-order valence-electron chi connectivity index (χ0n) is 9.68. The molecule has 2 aromatic rings. The molecule has 4 heteroatoms. The molecule has 1 atom stereocenters. The van der Waals surface area contributed by atoms with Crippen molar-refractivity contribution in [3.05, 3.63) is 52.4 Å². The lowest BCUT2D eigenvalue weighted by atomic mass is 10.1. The number of rotatable bonds is 4. The van der Waals surface area contributed by atoms with Crippen LogP contribution in [0.3, 0.4) is 0 Å². The smallest absolute Gasteiger partial charge is 0.0913 e. The maximum absolute atomic E-state index is 12.1. The van der Waals surface area contributed by atoms with E-state index in [4.69, 9.17) is 5.73 Å². The average molecular weight is 265 g/mol. The summed E-state index contributed by atoms with van der Waals surface area (Å²) in [5, 5.41) is 1.96. The molecule has 0 aliphatic rings. The monoisotopic (exact) mass is 265 g/mol. The Kier molecular flexibility index (Phi) is 4.10. The van der Waals surface area contributed by atoms with Gasteiger partial charge in [-0.2, -0.15) is 0 Å². The Hall–Kier alpha value is -0.970. The summed E-state index contributed by atoms with van der Waals surface area (Å²) in [4.78, 5) is 0. The number of nitrogens with two attached hydrogens (primary N) is 1. The van der Waals surface area contributed by atoms with Crippen LogP contribution in [-0.2, 0) is 23.1 Å².